The highest BCUT2D eigenvalue weighted by molar-refractivity contribution is 6.24. The van der Waals surface area contributed by atoms with Gasteiger partial charge in [-0.25, -0.2) is 0 Å². The third-order valence-corrected chi connectivity index (χ3v) is 7.23. The molecule has 0 aliphatic heterocycles. The summed E-state index contributed by atoms with van der Waals surface area (Å²) in [6.07, 6.45) is 6.23. The molecule has 4 bridgehead atoms. The second-order valence-electron chi connectivity index (χ2n) is 10.0. The van der Waals surface area contributed by atoms with Crippen LogP contribution in [0.15, 0.2) is 18.2 Å². The van der Waals surface area contributed by atoms with Crippen LogP contribution in [0.25, 0.3) is 0 Å². The van der Waals surface area contributed by atoms with Crippen molar-refractivity contribution in [2.45, 2.75) is 69.6 Å². The molecule has 1 aromatic carbocycles. The molecule has 142 valence electrons. The molecule has 0 heterocycles. The van der Waals surface area contributed by atoms with E-state index in [1.54, 1.807) is 7.11 Å². The van der Waals surface area contributed by atoms with Gasteiger partial charge in [0.1, 0.15) is 5.75 Å². The van der Waals surface area contributed by atoms with Gasteiger partial charge in [-0.2, -0.15) is 0 Å². The van der Waals surface area contributed by atoms with Gasteiger partial charge in [0, 0.05) is 4.87 Å². The Balaban J connectivity index is 1.62. The van der Waals surface area contributed by atoms with Crippen LogP contribution in [0.2, 0.25) is 0 Å². The summed E-state index contributed by atoms with van der Waals surface area (Å²) in [7, 11) is 1.65. The Labute approximate surface area is 161 Å². The first-order valence-corrected chi connectivity index (χ1v) is 10.2. The molecule has 4 aliphatic carbocycles. The molecule has 4 fully saturated rings. The summed E-state index contributed by atoms with van der Waals surface area (Å²) in [5.41, 5.74) is 1.69. The largest absolute Gasteiger partial charge is 0.495 e. The lowest BCUT2D eigenvalue weighted by Gasteiger charge is -2.59. The molecular formula is C22H30ClNO2. The van der Waals surface area contributed by atoms with Gasteiger partial charge in [-0.15, -0.1) is 11.6 Å². The number of nitrogens with one attached hydrogen (secondary N) is 1. The van der Waals surface area contributed by atoms with E-state index >= 15 is 0 Å². The van der Waals surface area contributed by atoms with E-state index in [0.717, 1.165) is 43.5 Å². The molecule has 26 heavy (non-hydrogen) atoms. The summed E-state index contributed by atoms with van der Waals surface area (Å²) in [6, 6.07) is 6.10. The fraction of sp³-hybridized carbons (Fsp3) is 0.682. The van der Waals surface area contributed by atoms with E-state index in [4.69, 9.17) is 16.3 Å². The quantitative estimate of drug-likeness (QED) is 0.707. The number of hydrogen-bond donors (Lipinski definition) is 1. The zero-order valence-electron chi connectivity index (χ0n) is 16.3. The number of halogens is 1. The molecule has 1 aromatic rings. The van der Waals surface area contributed by atoms with E-state index in [-0.39, 0.29) is 21.6 Å². The third kappa shape index (κ3) is 3.02. The number of benzene rings is 1. The first kappa shape index (κ1) is 18.2. The molecule has 4 atom stereocenters. The van der Waals surface area contributed by atoms with E-state index < -0.39 is 0 Å². The van der Waals surface area contributed by atoms with Crippen LogP contribution in [0, 0.1) is 17.3 Å². The van der Waals surface area contributed by atoms with Gasteiger partial charge in [0.05, 0.1) is 18.2 Å². The lowest BCUT2D eigenvalue weighted by molar-refractivity contribution is -0.138. The average molecular weight is 376 g/mol. The van der Waals surface area contributed by atoms with E-state index in [2.05, 4.69) is 38.2 Å². The van der Waals surface area contributed by atoms with Crippen LogP contribution in [-0.2, 0) is 10.2 Å². The molecule has 1 N–H and O–H groups in total. The van der Waals surface area contributed by atoms with Gasteiger partial charge in [-0.3, -0.25) is 4.79 Å². The standard InChI is InChI=1S/C22H30ClNO2/c1-20(2,3)16-5-6-18(26-4)17(8-16)24-19(25)21-9-14-7-15(10-21)12-22(23,11-14)13-21/h5-6,8,14-15H,7,9-13H2,1-4H3,(H,24,25)/t14-,15+,21?,22?. The fourth-order valence-electron chi connectivity index (χ4n) is 5.94. The maximum atomic E-state index is 13.4. The van der Waals surface area contributed by atoms with Gasteiger partial charge >= 0.3 is 0 Å². The fourth-order valence-corrected chi connectivity index (χ4v) is 6.64. The minimum atomic E-state index is -0.297. The van der Waals surface area contributed by atoms with Crippen LogP contribution in [0.4, 0.5) is 5.69 Å². The first-order valence-electron chi connectivity index (χ1n) is 9.81. The van der Waals surface area contributed by atoms with Crippen molar-refractivity contribution in [3.63, 3.8) is 0 Å². The molecule has 0 aromatic heterocycles. The summed E-state index contributed by atoms with van der Waals surface area (Å²) < 4.78 is 5.51. The number of hydrogen-bond acceptors (Lipinski definition) is 2. The predicted octanol–water partition coefficient (Wildman–Crippen LogP) is 5.51. The maximum Gasteiger partial charge on any atom is 0.230 e. The van der Waals surface area contributed by atoms with Gasteiger partial charge in [-0.05, 0) is 73.5 Å². The van der Waals surface area contributed by atoms with Crippen molar-refractivity contribution in [3.8, 4) is 5.75 Å². The summed E-state index contributed by atoms with van der Waals surface area (Å²) in [5.74, 6) is 2.09. The number of anilines is 1. The Hall–Kier alpha value is -1.22. The van der Waals surface area contributed by atoms with Crippen LogP contribution in [-0.4, -0.2) is 17.9 Å². The number of ether oxygens (including phenoxy) is 1. The van der Waals surface area contributed by atoms with Crippen molar-refractivity contribution in [3.05, 3.63) is 23.8 Å². The SMILES string of the molecule is COc1ccc(C(C)(C)C)cc1NC(=O)C12C[C@@H]3C[C@@H](CC(Cl)(C3)C1)C2. The maximum absolute atomic E-state index is 13.4. The lowest BCUT2D eigenvalue weighted by Crippen LogP contribution is -2.57. The van der Waals surface area contributed by atoms with Crippen molar-refractivity contribution in [1.29, 1.82) is 0 Å². The summed E-state index contributed by atoms with van der Waals surface area (Å²) in [5, 5.41) is 3.23. The first-order chi connectivity index (χ1) is 12.1. The number of methoxy groups -OCH3 is 1. The van der Waals surface area contributed by atoms with Crippen LogP contribution in [0.3, 0.4) is 0 Å². The molecule has 4 heteroatoms. The molecule has 1 amide bonds. The van der Waals surface area contributed by atoms with E-state index in [0.29, 0.717) is 11.8 Å². The third-order valence-electron chi connectivity index (χ3n) is 6.79. The number of rotatable bonds is 3. The zero-order chi connectivity index (χ0) is 18.7. The number of carbonyl (C=O) groups is 1. The lowest BCUT2D eigenvalue weighted by atomic mass is 9.49. The average Bonchev–Trinajstić information content (AvgIpc) is 2.51. The Kier molecular flexibility index (Phi) is 4.11. The normalized spacial score (nSPS) is 35.4. The van der Waals surface area contributed by atoms with Crippen molar-refractivity contribution in [1.82, 2.24) is 0 Å². The van der Waals surface area contributed by atoms with Gasteiger partial charge in [-0.1, -0.05) is 26.8 Å². The van der Waals surface area contributed by atoms with Crippen molar-refractivity contribution in [2.24, 2.45) is 17.3 Å². The van der Waals surface area contributed by atoms with Crippen molar-refractivity contribution >= 4 is 23.2 Å². The summed E-state index contributed by atoms with van der Waals surface area (Å²) in [6.45, 7) is 6.53. The zero-order valence-corrected chi connectivity index (χ0v) is 17.1. The predicted molar refractivity (Wildman–Crippen MR) is 106 cm³/mol. The molecule has 0 radical (unpaired) electrons. The minimum Gasteiger partial charge on any atom is -0.495 e. The Morgan fingerprint density at radius 1 is 1.19 bits per heavy atom. The van der Waals surface area contributed by atoms with Crippen molar-refractivity contribution in [2.75, 3.05) is 12.4 Å². The molecule has 3 nitrogen and oxygen atoms in total. The second kappa shape index (κ2) is 5.89. The van der Waals surface area contributed by atoms with E-state index in [1.165, 1.54) is 12.0 Å². The van der Waals surface area contributed by atoms with Gasteiger partial charge in [0.15, 0.2) is 0 Å². The Morgan fingerprint density at radius 2 is 1.85 bits per heavy atom. The number of amides is 1. The van der Waals surface area contributed by atoms with E-state index in [9.17, 15) is 4.79 Å². The van der Waals surface area contributed by atoms with Gasteiger partial charge in [0.2, 0.25) is 5.91 Å². The monoisotopic (exact) mass is 375 g/mol. The van der Waals surface area contributed by atoms with Crippen LogP contribution >= 0.6 is 11.6 Å². The van der Waals surface area contributed by atoms with Gasteiger partial charge in [0.25, 0.3) is 0 Å². The van der Waals surface area contributed by atoms with Crippen LogP contribution in [0.5, 0.6) is 5.75 Å². The second-order valence-corrected chi connectivity index (χ2v) is 10.8. The highest BCUT2D eigenvalue weighted by atomic mass is 35.5. The van der Waals surface area contributed by atoms with Gasteiger partial charge < -0.3 is 10.1 Å². The van der Waals surface area contributed by atoms with Crippen LogP contribution < -0.4 is 10.1 Å². The number of alkyl halides is 1. The highest BCUT2D eigenvalue weighted by Gasteiger charge is 2.60. The molecule has 0 saturated heterocycles. The molecule has 5 rings (SSSR count). The molecule has 2 unspecified atom stereocenters. The number of carbonyl (C=O) groups excluding carboxylic acids is 1. The van der Waals surface area contributed by atoms with Crippen molar-refractivity contribution < 1.29 is 9.53 Å². The molecule has 4 saturated carbocycles. The smallest absolute Gasteiger partial charge is 0.230 e. The minimum absolute atomic E-state index is 0.0205. The molecular weight excluding hydrogens is 346 g/mol. The summed E-state index contributed by atoms with van der Waals surface area (Å²) in [4.78, 5) is 13.3. The molecule has 4 aliphatic rings. The summed E-state index contributed by atoms with van der Waals surface area (Å²) >= 11 is 6.91. The molecule has 0 spiro atoms. The highest BCUT2D eigenvalue weighted by Crippen LogP contribution is 2.64. The van der Waals surface area contributed by atoms with E-state index in [1.807, 2.05) is 6.07 Å². The topological polar surface area (TPSA) is 38.3 Å². The Bertz CT molecular complexity index is 722. The van der Waals surface area contributed by atoms with Crippen LogP contribution in [0.1, 0.15) is 64.9 Å². The Morgan fingerprint density at radius 3 is 2.38 bits per heavy atom.